The van der Waals surface area contributed by atoms with Crippen molar-refractivity contribution in [3.63, 3.8) is 0 Å². The Balaban J connectivity index is 3.29. The van der Waals surface area contributed by atoms with E-state index in [1.54, 1.807) is 0 Å². The highest BCUT2D eigenvalue weighted by atomic mass is 79.9. The molecule has 0 spiro atoms. The van der Waals surface area contributed by atoms with E-state index < -0.39 is 24.6 Å². The third-order valence-electron chi connectivity index (χ3n) is 2.63. The second-order valence-electron chi connectivity index (χ2n) is 4.51. The number of amidine groups is 1. The van der Waals surface area contributed by atoms with E-state index in [4.69, 9.17) is 11.1 Å². The Morgan fingerprint density at radius 3 is 2.35 bits per heavy atom. The van der Waals surface area contributed by atoms with E-state index in [-0.39, 0.29) is 21.6 Å². The smallest absolute Gasteiger partial charge is 0.384 e. The van der Waals surface area contributed by atoms with Crippen LogP contribution in [0.25, 0.3) is 0 Å². The molecule has 0 saturated carbocycles. The quantitative estimate of drug-likeness (QED) is 0.492. The normalized spacial score (nSPS) is 11.8. The SMILES string of the molecule is CC(C)N(CC(F)(F)F)c1ccc(C(=N)N)c(Br)c1F. The van der Waals surface area contributed by atoms with Crippen LogP contribution in [0.4, 0.5) is 23.2 Å². The van der Waals surface area contributed by atoms with Gasteiger partial charge in [-0.25, -0.2) is 4.39 Å². The predicted octanol–water partition coefficient (Wildman–Crippen LogP) is 3.65. The standard InChI is InChI=1S/C12H14BrF4N3/c1-6(2)20(5-12(15,16)17)8-4-3-7(11(18)19)9(13)10(8)14/h3-4,6H,5H2,1-2H3,(H3,18,19). The van der Waals surface area contributed by atoms with Gasteiger partial charge in [-0.3, -0.25) is 5.41 Å². The first-order valence-electron chi connectivity index (χ1n) is 5.70. The van der Waals surface area contributed by atoms with Crippen molar-refractivity contribution >= 4 is 27.5 Å². The van der Waals surface area contributed by atoms with Gasteiger partial charge in [0, 0.05) is 11.6 Å². The average Bonchev–Trinajstić information content (AvgIpc) is 2.28. The molecule has 0 heterocycles. The lowest BCUT2D eigenvalue weighted by atomic mass is 10.1. The summed E-state index contributed by atoms with van der Waals surface area (Å²) in [4.78, 5) is 0.907. The molecular formula is C12H14BrF4N3. The highest BCUT2D eigenvalue weighted by Gasteiger charge is 2.33. The summed E-state index contributed by atoms with van der Waals surface area (Å²) in [6.45, 7) is 1.82. The van der Waals surface area contributed by atoms with Crippen LogP contribution in [0.3, 0.4) is 0 Å². The van der Waals surface area contributed by atoms with Gasteiger partial charge in [0.1, 0.15) is 12.4 Å². The molecule has 0 aromatic heterocycles. The summed E-state index contributed by atoms with van der Waals surface area (Å²) in [6.07, 6.45) is -4.44. The largest absolute Gasteiger partial charge is 0.405 e. The zero-order chi connectivity index (χ0) is 15.7. The number of nitrogen functional groups attached to an aromatic ring is 1. The molecule has 0 radical (unpaired) electrons. The molecule has 3 nitrogen and oxygen atoms in total. The van der Waals surface area contributed by atoms with Crippen LogP contribution in [0, 0.1) is 11.2 Å². The maximum atomic E-state index is 14.2. The first-order valence-corrected chi connectivity index (χ1v) is 6.49. The Bertz CT molecular complexity index is 514. The van der Waals surface area contributed by atoms with Crippen molar-refractivity contribution in [1.82, 2.24) is 0 Å². The van der Waals surface area contributed by atoms with Crippen molar-refractivity contribution in [2.45, 2.75) is 26.1 Å². The monoisotopic (exact) mass is 355 g/mol. The maximum absolute atomic E-state index is 14.2. The lowest BCUT2D eigenvalue weighted by molar-refractivity contribution is -0.120. The maximum Gasteiger partial charge on any atom is 0.405 e. The zero-order valence-electron chi connectivity index (χ0n) is 10.9. The van der Waals surface area contributed by atoms with Crippen LogP contribution in [0.1, 0.15) is 19.4 Å². The fourth-order valence-electron chi connectivity index (χ4n) is 1.71. The predicted molar refractivity (Wildman–Crippen MR) is 73.7 cm³/mol. The van der Waals surface area contributed by atoms with Gasteiger partial charge in [-0.2, -0.15) is 13.2 Å². The van der Waals surface area contributed by atoms with Crippen LogP contribution in [0.5, 0.6) is 0 Å². The summed E-state index contributed by atoms with van der Waals surface area (Å²) >= 11 is 2.92. The van der Waals surface area contributed by atoms with Gasteiger partial charge in [0.05, 0.1) is 10.2 Å². The first-order chi connectivity index (χ1) is 9.04. The van der Waals surface area contributed by atoms with Crippen LogP contribution < -0.4 is 10.6 Å². The van der Waals surface area contributed by atoms with E-state index in [2.05, 4.69) is 15.9 Å². The minimum atomic E-state index is -4.44. The molecule has 0 fully saturated rings. The molecule has 1 rings (SSSR count). The van der Waals surface area contributed by atoms with E-state index in [0.717, 1.165) is 4.90 Å². The molecular weight excluding hydrogens is 342 g/mol. The third kappa shape index (κ3) is 3.84. The summed E-state index contributed by atoms with van der Waals surface area (Å²) in [5.74, 6) is -1.23. The molecule has 112 valence electrons. The molecule has 0 aliphatic carbocycles. The van der Waals surface area contributed by atoms with Gasteiger partial charge < -0.3 is 10.6 Å². The van der Waals surface area contributed by atoms with Gasteiger partial charge >= 0.3 is 6.18 Å². The van der Waals surface area contributed by atoms with E-state index in [1.807, 2.05) is 0 Å². The molecule has 0 saturated heterocycles. The number of benzene rings is 1. The second-order valence-corrected chi connectivity index (χ2v) is 5.30. The van der Waals surface area contributed by atoms with Crippen LogP contribution in [0.15, 0.2) is 16.6 Å². The van der Waals surface area contributed by atoms with Gasteiger partial charge in [-0.05, 0) is 41.9 Å². The van der Waals surface area contributed by atoms with Crippen molar-refractivity contribution in [3.05, 3.63) is 28.0 Å². The fraction of sp³-hybridized carbons (Fsp3) is 0.417. The second kappa shape index (κ2) is 5.99. The number of nitrogens with one attached hydrogen (secondary N) is 1. The topological polar surface area (TPSA) is 53.1 Å². The Morgan fingerprint density at radius 2 is 1.95 bits per heavy atom. The number of halogens is 5. The molecule has 0 aliphatic rings. The lowest BCUT2D eigenvalue weighted by Gasteiger charge is -2.30. The summed E-state index contributed by atoms with van der Waals surface area (Å²) < 4.78 is 51.8. The Hall–Kier alpha value is -1.31. The third-order valence-corrected chi connectivity index (χ3v) is 3.41. The van der Waals surface area contributed by atoms with Gasteiger partial charge in [-0.1, -0.05) is 0 Å². The van der Waals surface area contributed by atoms with Gasteiger partial charge in [0.15, 0.2) is 5.82 Å². The zero-order valence-corrected chi connectivity index (χ0v) is 12.4. The Kier molecular flexibility index (Phi) is 5.01. The molecule has 20 heavy (non-hydrogen) atoms. The van der Waals surface area contributed by atoms with Gasteiger partial charge in [0.2, 0.25) is 0 Å². The minimum absolute atomic E-state index is 0.0990. The fourth-order valence-corrected chi connectivity index (χ4v) is 2.26. The van der Waals surface area contributed by atoms with Gasteiger partial charge in [0.25, 0.3) is 0 Å². The van der Waals surface area contributed by atoms with Gasteiger partial charge in [-0.15, -0.1) is 0 Å². The van der Waals surface area contributed by atoms with Crippen LogP contribution in [-0.2, 0) is 0 Å². The lowest BCUT2D eigenvalue weighted by Crippen LogP contribution is -2.39. The van der Waals surface area contributed by atoms with Crippen LogP contribution in [0.2, 0.25) is 0 Å². The molecule has 3 N–H and O–H groups in total. The molecule has 0 bridgehead atoms. The average molecular weight is 356 g/mol. The van der Waals surface area contributed by atoms with E-state index >= 15 is 0 Å². The number of hydrogen-bond acceptors (Lipinski definition) is 2. The van der Waals surface area contributed by atoms with Crippen molar-refractivity contribution in [2.24, 2.45) is 5.73 Å². The Morgan fingerprint density at radius 1 is 1.40 bits per heavy atom. The summed E-state index contributed by atoms with van der Waals surface area (Å²) in [5, 5.41) is 7.27. The van der Waals surface area contributed by atoms with E-state index in [9.17, 15) is 17.6 Å². The molecule has 0 unspecified atom stereocenters. The van der Waals surface area contributed by atoms with Crippen molar-refractivity contribution in [1.29, 1.82) is 5.41 Å². The highest BCUT2D eigenvalue weighted by Crippen LogP contribution is 2.32. The van der Waals surface area contributed by atoms with Crippen LogP contribution in [-0.4, -0.2) is 24.6 Å². The number of anilines is 1. The summed E-state index contributed by atoms with van der Waals surface area (Å²) in [5.41, 5.74) is 5.18. The van der Waals surface area contributed by atoms with Crippen LogP contribution >= 0.6 is 15.9 Å². The molecule has 0 amide bonds. The number of nitrogens with two attached hydrogens (primary N) is 1. The van der Waals surface area contributed by atoms with Crippen molar-refractivity contribution < 1.29 is 17.6 Å². The highest BCUT2D eigenvalue weighted by molar-refractivity contribution is 9.10. The number of alkyl halides is 3. The summed E-state index contributed by atoms with van der Waals surface area (Å²) in [6, 6.07) is 1.97. The molecule has 0 aliphatic heterocycles. The van der Waals surface area contributed by atoms with Crippen molar-refractivity contribution in [2.75, 3.05) is 11.4 Å². The number of rotatable bonds is 4. The first kappa shape index (κ1) is 16.7. The Labute approximate surface area is 122 Å². The molecule has 1 aromatic carbocycles. The van der Waals surface area contributed by atoms with E-state index in [0.29, 0.717) is 0 Å². The molecule has 1 aromatic rings. The summed E-state index contributed by atoms with van der Waals surface area (Å²) in [7, 11) is 0. The van der Waals surface area contributed by atoms with Crippen molar-refractivity contribution in [3.8, 4) is 0 Å². The molecule has 0 atom stereocenters. The number of hydrogen-bond donors (Lipinski definition) is 2. The molecule has 8 heteroatoms. The number of nitrogens with zero attached hydrogens (tertiary/aromatic N) is 1. The van der Waals surface area contributed by atoms with E-state index in [1.165, 1.54) is 26.0 Å². The minimum Gasteiger partial charge on any atom is -0.384 e.